The Bertz CT molecular complexity index is 1080. The molecule has 3 heterocycles. The van der Waals surface area contributed by atoms with E-state index < -0.39 is 16.1 Å². The van der Waals surface area contributed by atoms with Crippen molar-refractivity contribution >= 4 is 21.8 Å². The lowest BCUT2D eigenvalue weighted by Gasteiger charge is -2.36. The molecule has 1 fully saturated rings. The SMILES string of the molecule is CC(C)[C@H](N=C1NS(=O)(=O)c2ccccc21)C(=O)N1CCN(Cc2ccncc2)CC1. The largest absolute Gasteiger partial charge is 0.338 e. The van der Waals surface area contributed by atoms with Gasteiger partial charge in [0.15, 0.2) is 0 Å². The molecule has 8 nitrogen and oxygen atoms in total. The first-order valence-electron chi connectivity index (χ1n) is 10.5. The first kappa shape index (κ1) is 21.5. The number of pyridine rings is 1. The molecule has 0 bridgehead atoms. The van der Waals surface area contributed by atoms with E-state index in [2.05, 4.69) is 19.6 Å². The maximum absolute atomic E-state index is 13.3. The molecule has 1 aromatic carbocycles. The number of amidine groups is 1. The van der Waals surface area contributed by atoms with Gasteiger partial charge in [-0.1, -0.05) is 26.0 Å². The Kier molecular flexibility index (Phi) is 6.06. The van der Waals surface area contributed by atoms with Crippen LogP contribution < -0.4 is 4.72 Å². The maximum Gasteiger partial charge on any atom is 0.263 e. The second-order valence-corrected chi connectivity index (χ2v) is 9.88. The highest BCUT2D eigenvalue weighted by molar-refractivity contribution is 7.90. The summed E-state index contributed by atoms with van der Waals surface area (Å²) in [6, 6.07) is 10.1. The highest BCUT2D eigenvalue weighted by atomic mass is 32.2. The van der Waals surface area contributed by atoms with Crippen LogP contribution in [-0.2, 0) is 21.4 Å². The lowest BCUT2D eigenvalue weighted by molar-refractivity contribution is -0.135. The van der Waals surface area contributed by atoms with E-state index >= 15 is 0 Å². The third kappa shape index (κ3) is 4.62. The van der Waals surface area contributed by atoms with Crippen molar-refractivity contribution in [3.8, 4) is 0 Å². The molecular weight excluding hydrogens is 414 g/mol. The zero-order chi connectivity index (χ0) is 22.0. The van der Waals surface area contributed by atoms with Crippen LogP contribution in [-0.4, -0.2) is 67.2 Å². The van der Waals surface area contributed by atoms with Crippen LogP contribution in [0.25, 0.3) is 0 Å². The Balaban J connectivity index is 1.46. The number of aliphatic imine (C=N–C) groups is 1. The molecule has 1 aromatic heterocycles. The summed E-state index contributed by atoms with van der Waals surface area (Å²) in [6.45, 7) is 7.51. The predicted octanol–water partition coefficient (Wildman–Crippen LogP) is 1.49. The van der Waals surface area contributed by atoms with Gasteiger partial charge in [-0.05, 0) is 35.7 Å². The van der Waals surface area contributed by atoms with Gasteiger partial charge in [0.05, 0.1) is 4.90 Å². The van der Waals surface area contributed by atoms with E-state index in [-0.39, 0.29) is 22.6 Å². The van der Waals surface area contributed by atoms with E-state index in [0.29, 0.717) is 18.7 Å². The molecule has 1 atom stereocenters. The number of hydrogen-bond acceptors (Lipinski definition) is 6. The van der Waals surface area contributed by atoms with Gasteiger partial charge in [0.1, 0.15) is 11.9 Å². The zero-order valence-corrected chi connectivity index (χ0v) is 18.5. The number of fused-ring (bicyclic) bond motifs is 1. The molecule has 0 unspecified atom stereocenters. The van der Waals surface area contributed by atoms with Gasteiger partial charge in [-0.25, -0.2) is 8.42 Å². The lowest BCUT2D eigenvalue weighted by atomic mass is 10.0. The number of piperazine rings is 1. The average molecular weight is 442 g/mol. The summed E-state index contributed by atoms with van der Waals surface area (Å²) in [5.41, 5.74) is 1.72. The molecule has 2 aliphatic heterocycles. The van der Waals surface area contributed by atoms with Gasteiger partial charge in [-0.3, -0.25) is 24.4 Å². The number of benzene rings is 1. The molecule has 0 aliphatic carbocycles. The Morgan fingerprint density at radius 3 is 2.45 bits per heavy atom. The molecule has 2 aliphatic rings. The second kappa shape index (κ2) is 8.76. The highest BCUT2D eigenvalue weighted by Gasteiger charge is 2.34. The van der Waals surface area contributed by atoms with Crippen molar-refractivity contribution in [3.05, 3.63) is 59.9 Å². The molecule has 0 radical (unpaired) electrons. The fourth-order valence-corrected chi connectivity index (χ4v) is 5.16. The summed E-state index contributed by atoms with van der Waals surface area (Å²) < 4.78 is 27.3. The summed E-state index contributed by atoms with van der Waals surface area (Å²) in [7, 11) is -3.63. The number of hydrogen-bond donors (Lipinski definition) is 1. The third-order valence-electron chi connectivity index (χ3n) is 5.65. The van der Waals surface area contributed by atoms with E-state index in [1.54, 1.807) is 36.7 Å². The molecule has 1 amide bonds. The van der Waals surface area contributed by atoms with Crippen molar-refractivity contribution in [2.45, 2.75) is 31.3 Å². The van der Waals surface area contributed by atoms with Crippen LogP contribution >= 0.6 is 0 Å². The minimum atomic E-state index is -3.63. The number of rotatable bonds is 5. The van der Waals surface area contributed by atoms with Gasteiger partial charge in [0.2, 0.25) is 5.91 Å². The van der Waals surface area contributed by atoms with Crippen molar-refractivity contribution in [2.75, 3.05) is 26.2 Å². The Hall–Kier alpha value is -2.78. The smallest absolute Gasteiger partial charge is 0.263 e. The molecule has 1 N–H and O–H groups in total. The van der Waals surface area contributed by atoms with E-state index in [1.807, 2.05) is 30.9 Å². The van der Waals surface area contributed by atoms with E-state index in [9.17, 15) is 13.2 Å². The first-order chi connectivity index (χ1) is 14.8. The van der Waals surface area contributed by atoms with Crippen LogP contribution in [0.5, 0.6) is 0 Å². The van der Waals surface area contributed by atoms with Crippen LogP contribution in [0, 0.1) is 5.92 Å². The Labute approximate surface area is 183 Å². The van der Waals surface area contributed by atoms with E-state index in [4.69, 9.17) is 0 Å². The Morgan fingerprint density at radius 2 is 1.77 bits per heavy atom. The standard InChI is InChI=1S/C22H27N5O3S/c1-16(2)20(24-21-18-5-3-4-6-19(18)31(29,30)25-21)22(28)27-13-11-26(12-14-27)15-17-7-9-23-10-8-17/h3-10,16,20H,11-15H2,1-2H3,(H,24,25)/t20-/m0/s1. The molecule has 0 saturated carbocycles. The number of carbonyl (C=O) groups excluding carboxylic acids is 1. The fraction of sp³-hybridized carbons (Fsp3) is 0.409. The molecular formula is C22H27N5O3S. The van der Waals surface area contributed by atoms with Crippen LogP contribution in [0.2, 0.25) is 0 Å². The van der Waals surface area contributed by atoms with Crippen molar-refractivity contribution in [1.82, 2.24) is 19.5 Å². The molecule has 0 spiro atoms. The van der Waals surface area contributed by atoms with Gasteiger partial charge >= 0.3 is 0 Å². The summed E-state index contributed by atoms with van der Waals surface area (Å²) in [5, 5.41) is 0. The highest BCUT2D eigenvalue weighted by Crippen LogP contribution is 2.24. The van der Waals surface area contributed by atoms with Crippen LogP contribution in [0.4, 0.5) is 0 Å². The van der Waals surface area contributed by atoms with Gasteiger partial charge in [-0.2, -0.15) is 0 Å². The minimum absolute atomic E-state index is 0.0605. The van der Waals surface area contributed by atoms with Crippen LogP contribution in [0.1, 0.15) is 25.0 Å². The molecule has 1 saturated heterocycles. The Morgan fingerprint density at radius 1 is 1.10 bits per heavy atom. The molecule has 2 aromatic rings. The zero-order valence-electron chi connectivity index (χ0n) is 17.7. The fourth-order valence-electron chi connectivity index (χ4n) is 3.92. The number of nitrogens with one attached hydrogen (secondary N) is 1. The monoisotopic (exact) mass is 441 g/mol. The number of sulfonamides is 1. The normalized spacial score (nSPS) is 20.5. The topological polar surface area (TPSA) is 95.0 Å². The number of aromatic nitrogens is 1. The van der Waals surface area contributed by atoms with Gasteiger partial charge in [0, 0.05) is 50.7 Å². The maximum atomic E-state index is 13.3. The summed E-state index contributed by atoms with van der Waals surface area (Å²) in [5.74, 6) is 0.126. The lowest BCUT2D eigenvalue weighted by Crippen LogP contribution is -2.51. The van der Waals surface area contributed by atoms with Gasteiger partial charge < -0.3 is 4.90 Å². The van der Waals surface area contributed by atoms with E-state index in [0.717, 1.165) is 19.6 Å². The summed E-state index contributed by atoms with van der Waals surface area (Å²) in [6.07, 6.45) is 3.58. The van der Waals surface area contributed by atoms with Crippen LogP contribution in [0.3, 0.4) is 0 Å². The summed E-state index contributed by atoms with van der Waals surface area (Å²) >= 11 is 0. The number of nitrogens with zero attached hydrogens (tertiary/aromatic N) is 4. The molecule has 9 heteroatoms. The predicted molar refractivity (Wildman–Crippen MR) is 118 cm³/mol. The van der Waals surface area contributed by atoms with Gasteiger partial charge in [-0.15, -0.1) is 0 Å². The van der Waals surface area contributed by atoms with Crippen molar-refractivity contribution < 1.29 is 13.2 Å². The minimum Gasteiger partial charge on any atom is -0.338 e. The van der Waals surface area contributed by atoms with Crippen molar-refractivity contribution in [1.29, 1.82) is 0 Å². The first-order valence-corrected chi connectivity index (χ1v) is 11.9. The van der Waals surface area contributed by atoms with E-state index in [1.165, 1.54) is 5.56 Å². The van der Waals surface area contributed by atoms with Gasteiger partial charge in [0.25, 0.3) is 10.0 Å². The molecule has 31 heavy (non-hydrogen) atoms. The third-order valence-corrected chi connectivity index (χ3v) is 7.05. The quantitative estimate of drug-likeness (QED) is 0.759. The number of amides is 1. The van der Waals surface area contributed by atoms with Crippen molar-refractivity contribution in [3.63, 3.8) is 0 Å². The second-order valence-electron chi connectivity index (χ2n) is 8.23. The number of carbonyl (C=O) groups is 1. The van der Waals surface area contributed by atoms with Crippen LogP contribution in [0.15, 0.2) is 58.7 Å². The molecule has 164 valence electrons. The van der Waals surface area contributed by atoms with Crippen molar-refractivity contribution in [2.24, 2.45) is 10.9 Å². The summed E-state index contributed by atoms with van der Waals surface area (Å²) in [4.78, 5) is 26.3. The molecule has 4 rings (SSSR count). The average Bonchev–Trinajstić information content (AvgIpc) is 3.03.